The van der Waals surface area contributed by atoms with Gasteiger partial charge in [0.2, 0.25) is 0 Å². The molecule has 7 heteroatoms. The molecule has 0 radical (unpaired) electrons. The van der Waals surface area contributed by atoms with Gasteiger partial charge >= 0.3 is 0 Å². The first-order chi connectivity index (χ1) is 8.86. The zero-order valence-electron chi connectivity index (χ0n) is 9.63. The first-order valence-corrected chi connectivity index (χ1v) is 4.95. The lowest BCUT2D eigenvalue weighted by Crippen LogP contribution is -2.25. The number of rotatable bonds is 0. The molecule has 0 fully saturated rings. The van der Waals surface area contributed by atoms with Crippen molar-refractivity contribution >= 4 is 0 Å². The average Bonchev–Trinajstić information content (AvgIpc) is 2.42. The van der Waals surface area contributed by atoms with Crippen LogP contribution in [0.4, 0.5) is 22.0 Å². The molecule has 0 unspecified atom stereocenters. The number of benzene rings is 1. The van der Waals surface area contributed by atoms with Gasteiger partial charge in [0.25, 0.3) is 0 Å². The molecule has 0 N–H and O–H groups in total. The molecule has 0 saturated carbocycles. The van der Waals surface area contributed by atoms with Crippen molar-refractivity contribution in [2.24, 2.45) is 7.05 Å². The third kappa shape index (κ3) is 3.40. The molecule has 1 aromatic heterocycles. The Balaban J connectivity index is 0.000000218. The monoisotopic (exact) mass is 277 g/mol. The minimum absolute atomic E-state index is 2.00. The zero-order valence-corrected chi connectivity index (χ0v) is 9.63. The Morgan fingerprint density at radius 3 is 1.42 bits per heavy atom. The van der Waals surface area contributed by atoms with Crippen LogP contribution in [0.15, 0.2) is 30.6 Å². The van der Waals surface area contributed by atoms with Gasteiger partial charge in [-0.15, -0.1) is 0 Å². The first-order valence-electron chi connectivity index (χ1n) is 4.95. The fraction of sp³-hybridized carbons (Fsp3) is 0.0833. The van der Waals surface area contributed by atoms with Crippen molar-refractivity contribution in [2.75, 3.05) is 0 Å². The van der Waals surface area contributed by atoms with Gasteiger partial charge in [0.15, 0.2) is 41.5 Å². The molecule has 0 amide bonds. The maximum atomic E-state index is 12.1. The van der Waals surface area contributed by atoms with Gasteiger partial charge in [-0.05, 0) is 5.75 Å². The molecule has 102 valence electrons. The molecular weight excluding hydrogens is 269 g/mol. The highest BCUT2D eigenvalue weighted by Gasteiger charge is 2.20. The van der Waals surface area contributed by atoms with Crippen LogP contribution < -0.4 is 9.67 Å². The van der Waals surface area contributed by atoms with E-state index in [-0.39, 0.29) is 0 Å². The molecule has 1 aromatic carbocycles. The largest absolute Gasteiger partial charge is 0.868 e. The Bertz CT molecular complexity index is 469. The van der Waals surface area contributed by atoms with Crippen molar-refractivity contribution in [1.29, 1.82) is 0 Å². The number of pyridine rings is 1. The van der Waals surface area contributed by atoms with Crippen molar-refractivity contribution in [2.45, 2.75) is 0 Å². The fourth-order valence-electron chi connectivity index (χ4n) is 1.07. The minimum atomic E-state index is -2.33. The first kappa shape index (κ1) is 14.9. The Hall–Kier alpha value is -2.18. The summed E-state index contributed by atoms with van der Waals surface area (Å²) in [6, 6.07) is 6.00. The second-order valence-electron chi connectivity index (χ2n) is 3.44. The van der Waals surface area contributed by atoms with Gasteiger partial charge in [-0.25, -0.2) is 26.5 Å². The van der Waals surface area contributed by atoms with Crippen LogP contribution in [0.2, 0.25) is 0 Å². The molecule has 0 aliphatic rings. The van der Waals surface area contributed by atoms with Crippen LogP contribution in [0.5, 0.6) is 5.75 Å². The van der Waals surface area contributed by atoms with Crippen molar-refractivity contribution in [3.63, 3.8) is 0 Å². The lowest BCUT2D eigenvalue weighted by Gasteiger charge is -2.09. The maximum Gasteiger partial charge on any atom is 0.200 e. The summed E-state index contributed by atoms with van der Waals surface area (Å²) < 4.78 is 62.4. The molecule has 0 saturated heterocycles. The molecule has 0 aliphatic heterocycles. The van der Waals surface area contributed by atoms with Crippen molar-refractivity contribution in [1.82, 2.24) is 0 Å². The lowest BCUT2D eigenvalue weighted by atomic mass is 10.3. The summed E-state index contributed by atoms with van der Waals surface area (Å²) in [5.41, 5.74) is 0. The van der Waals surface area contributed by atoms with Gasteiger partial charge in [0.1, 0.15) is 7.05 Å². The van der Waals surface area contributed by atoms with Crippen molar-refractivity contribution < 1.29 is 31.6 Å². The number of aromatic nitrogens is 1. The predicted molar refractivity (Wildman–Crippen MR) is 53.3 cm³/mol. The smallest absolute Gasteiger partial charge is 0.200 e. The second-order valence-corrected chi connectivity index (χ2v) is 3.44. The molecule has 0 atom stereocenters. The molecule has 1 heterocycles. The third-order valence-corrected chi connectivity index (χ3v) is 2.03. The number of aryl methyl sites for hydroxylation is 1. The van der Waals surface area contributed by atoms with Crippen LogP contribution in [0.25, 0.3) is 0 Å². The number of nitrogens with zero attached hydrogens (tertiary/aromatic N) is 1. The van der Waals surface area contributed by atoms with E-state index in [1.54, 1.807) is 0 Å². The van der Waals surface area contributed by atoms with Gasteiger partial charge < -0.3 is 5.11 Å². The van der Waals surface area contributed by atoms with Crippen LogP contribution in [0.3, 0.4) is 0 Å². The average molecular weight is 277 g/mol. The van der Waals surface area contributed by atoms with Gasteiger partial charge in [0, 0.05) is 12.1 Å². The highest BCUT2D eigenvalue weighted by molar-refractivity contribution is 5.26. The summed E-state index contributed by atoms with van der Waals surface area (Å²) in [4.78, 5) is 0. The van der Waals surface area contributed by atoms with E-state index in [0.29, 0.717) is 0 Å². The van der Waals surface area contributed by atoms with Crippen LogP contribution in [-0.4, -0.2) is 0 Å². The minimum Gasteiger partial charge on any atom is -0.868 e. The Morgan fingerprint density at radius 1 is 0.737 bits per heavy atom. The Morgan fingerprint density at radius 2 is 1.11 bits per heavy atom. The quantitative estimate of drug-likeness (QED) is 0.313. The van der Waals surface area contributed by atoms with E-state index in [2.05, 4.69) is 0 Å². The van der Waals surface area contributed by atoms with Crippen LogP contribution >= 0.6 is 0 Å². The molecule has 2 rings (SSSR count). The van der Waals surface area contributed by atoms with E-state index in [9.17, 15) is 27.1 Å². The van der Waals surface area contributed by atoms with Crippen molar-refractivity contribution in [3.8, 4) is 5.75 Å². The predicted octanol–water partition coefficient (Wildman–Crippen LogP) is 1.97. The summed E-state index contributed by atoms with van der Waals surface area (Å²) in [5.74, 6) is -13.6. The van der Waals surface area contributed by atoms with Gasteiger partial charge in [0.05, 0.1) is 0 Å². The number of hydrogen-bond donors (Lipinski definition) is 0. The molecule has 0 bridgehead atoms. The molecular formula is C12H8F5NO. The standard InChI is InChI=1S/C6HF5O.C6H8N/c7-1-2(8)4(10)6(12)5(11)3(1)9;1-7-5-3-2-4-6-7/h12H;2-6H,1H3/q;+1/p-1. The molecule has 2 aromatic rings. The van der Waals surface area contributed by atoms with Crippen LogP contribution in [0, 0.1) is 29.1 Å². The zero-order chi connectivity index (χ0) is 14.6. The highest BCUT2D eigenvalue weighted by atomic mass is 19.2. The normalized spacial score (nSPS) is 9.79. The summed E-state index contributed by atoms with van der Waals surface area (Å²) >= 11 is 0. The van der Waals surface area contributed by atoms with Crippen LogP contribution in [0.1, 0.15) is 0 Å². The van der Waals surface area contributed by atoms with Gasteiger partial charge in [-0.1, -0.05) is 6.07 Å². The molecule has 0 spiro atoms. The molecule has 19 heavy (non-hydrogen) atoms. The second kappa shape index (κ2) is 6.12. The van der Waals surface area contributed by atoms with E-state index in [1.807, 2.05) is 42.2 Å². The fourth-order valence-corrected chi connectivity index (χ4v) is 1.07. The molecule has 2 nitrogen and oxygen atoms in total. The SMILES string of the molecule is C[n+]1ccccc1.[O-]c1c(F)c(F)c(F)c(F)c1F. The summed E-state index contributed by atoms with van der Waals surface area (Å²) in [6.07, 6.45) is 4.00. The van der Waals surface area contributed by atoms with Gasteiger partial charge in [-0.2, -0.15) is 0 Å². The highest BCUT2D eigenvalue weighted by Crippen LogP contribution is 2.25. The topological polar surface area (TPSA) is 26.9 Å². The summed E-state index contributed by atoms with van der Waals surface area (Å²) in [6.45, 7) is 0. The maximum absolute atomic E-state index is 12.1. The van der Waals surface area contributed by atoms with E-state index in [1.165, 1.54) is 0 Å². The Labute approximate surface area is 105 Å². The lowest BCUT2D eigenvalue weighted by molar-refractivity contribution is -0.671. The van der Waals surface area contributed by atoms with Crippen LogP contribution in [-0.2, 0) is 7.05 Å². The number of halogens is 5. The van der Waals surface area contributed by atoms with Gasteiger partial charge in [-0.3, -0.25) is 0 Å². The van der Waals surface area contributed by atoms with E-state index in [4.69, 9.17) is 0 Å². The summed E-state index contributed by atoms with van der Waals surface area (Å²) in [5, 5.41) is 10.2. The Kier molecular flexibility index (Phi) is 4.80. The number of hydrogen-bond acceptors (Lipinski definition) is 1. The van der Waals surface area contributed by atoms with E-state index < -0.39 is 34.8 Å². The van der Waals surface area contributed by atoms with Crippen molar-refractivity contribution in [3.05, 3.63) is 59.7 Å². The third-order valence-electron chi connectivity index (χ3n) is 2.03. The molecule has 0 aliphatic carbocycles. The van der Waals surface area contributed by atoms with E-state index in [0.717, 1.165) is 0 Å². The summed E-state index contributed by atoms with van der Waals surface area (Å²) in [7, 11) is 2.00. The van der Waals surface area contributed by atoms with E-state index >= 15 is 0 Å².